The van der Waals surface area contributed by atoms with Gasteiger partial charge < -0.3 is 0 Å². The van der Waals surface area contributed by atoms with Crippen LogP contribution in [0.1, 0.15) is 55.7 Å². The van der Waals surface area contributed by atoms with Crippen LogP contribution in [0, 0.1) is 13.8 Å². The summed E-state index contributed by atoms with van der Waals surface area (Å²) >= 11 is 0. The van der Waals surface area contributed by atoms with Gasteiger partial charge in [-0.2, -0.15) is 0 Å². The lowest BCUT2D eigenvalue weighted by Gasteiger charge is -2.32. The molecule has 4 rings (SSSR count). The van der Waals surface area contributed by atoms with Crippen LogP contribution in [0.25, 0.3) is 22.0 Å². The first-order valence-electron chi connectivity index (χ1n) is 11.3. The van der Waals surface area contributed by atoms with E-state index in [1.807, 2.05) is 0 Å². The SMILES string of the molecule is Cc1cc(C(C)C)cc(-c2c3ccc([Si]4(C)CCCCC4)cc3cc[n+]2C)c1C. The van der Waals surface area contributed by atoms with Crippen LogP contribution in [-0.4, -0.2) is 8.07 Å². The fourth-order valence-electron chi connectivity index (χ4n) is 5.17. The first kappa shape index (κ1) is 20.3. The molecule has 1 nitrogen and oxygen atoms in total. The van der Waals surface area contributed by atoms with Crippen LogP contribution in [0.5, 0.6) is 0 Å². The van der Waals surface area contributed by atoms with E-state index in [-0.39, 0.29) is 0 Å². The molecule has 0 aliphatic carbocycles. The maximum absolute atomic E-state index is 2.61. The summed E-state index contributed by atoms with van der Waals surface area (Å²) < 4.78 is 2.31. The quantitative estimate of drug-likeness (QED) is 0.346. The van der Waals surface area contributed by atoms with E-state index < -0.39 is 8.07 Å². The molecule has 29 heavy (non-hydrogen) atoms. The van der Waals surface area contributed by atoms with Crippen LogP contribution in [0.3, 0.4) is 0 Å². The van der Waals surface area contributed by atoms with Gasteiger partial charge in [0.1, 0.15) is 7.05 Å². The molecule has 1 aliphatic rings. The van der Waals surface area contributed by atoms with Crippen molar-refractivity contribution in [2.45, 2.75) is 71.5 Å². The molecule has 1 aromatic heterocycles. The molecule has 1 aliphatic heterocycles. The maximum Gasteiger partial charge on any atom is 0.220 e. The molecule has 0 saturated carbocycles. The average molecular weight is 403 g/mol. The number of aromatic nitrogens is 1. The largest absolute Gasteiger partial charge is 0.220 e. The normalized spacial score (nSPS) is 16.5. The van der Waals surface area contributed by atoms with Crippen molar-refractivity contribution in [2.75, 3.05) is 0 Å². The Kier molecular flexibility index (Phi) is 5.41. The van der Waals surface area contributed by atoms with Crippen LogP contribution in [0.15, 0.2) is 42.6 Å². The summed E-state index contributed by atoms with van der Waals surface area (Å²) in [4.78, 5) is 0. The fourth-order valence-corrected chi connectivity index (χ4v) is 9.05. The second kappa shape index (κ2) is 7.72. The third-order valence-corrected chi connectivity index (χ3v) is 12.0. The number of fused-ring (bicyclic) bond motifs is 1. The van der Waals surface area contributed by atoms with Gasteiger partial charge in [-0.15, -0.1) is 0 Å². The molecule has 152 valence electrons. The van der Waals surface area contributed by atoms with Crippen molar-refractivity contribution in [2.24, 2.45) is 7.05 Å². The molecule has 0 N–H and O–H groups in total. The number of aryl methyl sites for hydroxylation is 2. The predicted molar refractivity (Wildman–Crippen MR) is 129 cm³/mol. The molecule has 0 radical (unpaired) electrons. The molecule has 2 heteroatoms. The number of pyridine rings is 1. The van der Waals surface area contributed by atoms with Crippen LogP contribution >= 0.6 is 0 Å². The van der Waals surface area contributed by atoms with Crippen molar-refractivity contribution in [1.82, 2.24) is 0 Å². The fraction of sp³-hybridized carbons (Fsp3) is 0.444. The highest BCUT2D eigenvalue weighted by Crippen LogP contribution is 2.33. The van der Waals surface area contributed by atoms with E-state index >= 15 is 0 Å². The molecule has 2 aromatic carbocycles. The van der Waals surface area contributed by atoms with E-state index in [0.717, 1.165) is 0 Å². The monoisotopic (exact) mass is 402 g/mol. The molecule has 1 saturated heterocycles. The molecular formula is C27H36NSi+. The van der Waals surface area contributed by atoms with E-state index in [1.54, 1.807) is 5.19 Å². The smallest absolute Gasteiger partial charge is 0.200 e. The first-order chi connectivity index (χ1) is 13.8. The predicted octanol–water partition coefficient (Wildman–Crippen LogP) is 6.54. The van der Waals surface area contributed by atoms with E-state index in [0.29, 0.717) is 5.92 Å². The number of rotatable bonds is 3. The lowest BCUT2D eigenvalue weighted by atomic mass is 9.91. The van der Waals surface area contributed by atoms with Crippen molar-refractivity contribution in [3.63, 3.8) is 0 Å². The van der Waals surface area contributed by atoms with Gasteiger partial charge in [0.2, 0.25) is 5.69 Å². The molecule has 3 aromatic rings. The Hall–Kier alpha value is -1.93. The number of hydrogen-bond donors (Lipinski definition) is 0. The lowest BCUT2D eigenvalue weighted by molar-refractivity contribution is -0.659. The highest BCUT2D eigenvalue weighted by atomic mass is 28.3. The Morgan fingerprint density at radius 2 is 1.66 bits per heavy atom. The summed E-state index contributed by atoms with van der Waals surface area (Å²) in [5.41, 5.74) is 6.96. The van der Waals surface area contributed by atoms with Gasteiger partial charge in [-0.05, 0) is 54.0 Å². The van der Waals surface area contributed by atoms with Gasteiger partial charge in [0, 0.05) is 6.07 Å². The minimum Gasteiger partial charge on any atom is -0.200 e. The topological polar surface area (TPSA) is 3.88 Å². The van der Waals surface area contributed by atoms with Gasteiger partial charge in [0.15, 0.2) is 6.20 Å². The van der Waals surface area contributed by atoms with Gasteiger partial charge in [0.05, 0.1) is 19.0 Å². The van der Waals surface area contributed by atoms with E-state index in [4.69, 9.17) is 0 Å². The zero-order chi connectivity index (χ0) is 20.8. The number of benzene rings is 2. The molecule has 1 fully saturated rings. The summed E-state index contributed by atoms with van der Waals surface area (Å²) in [5, 5.41) is 4.45. The van der Waals surface area contributed by atoms with Gasteiger partial charge in [-0.25, -0.2) is 4.57 Å². The summed E-state index contributed by atoms with van der Waals surface area (Å²) in [6.07, 6.45) is 6.54. The van der Waals surface area contributed by atoms with Crippen molar-refractivity contribution in [3.8, 4) is 11.3 Å². The van der Waals surface area contributed by atoms with Gasteiger partial charge >= 0.3 is 0 Å². The van der Waals surface area contributed by atoms with E-state index in [9.17, 15) is 0 Å². The molecule has 0 unspecified atom stereocenters. The third kappa shape index (κ3) is 3.68. The van der Waals surface area contributed by atoms with E-state index in [2.05, 4.69) is 88.5 Å². The second-order valence-electron chi connectivity index (χ2n) is 9.86. The standard InChI is InChI=1S/C27H36NSi/c1-19(2)23-16-20(3)21(4)26(18-23)27-25-11-10-24(17-22(25)12-13-28(27)5)29(6)14-8-7-9-15-29/h10-13,16-19H,7-9,14-15H2,1-6H3/q+1. The van der Waals surface area contributed by atoms with Crippen LogP contribution in [0.4, 0.5) is 0 Å². The average Bonchev–Trinajstić information content (AvgIpc) is 2.70. The van der Waals surface area contributed by atoms with Crippen LogP contribution in [0.2, 0.25) is 18.6 Å². The second-order valence-corrected chi connectivity index (χ2v) is 14.6. The Balaban J connectivity index is 1.91. The van der Waals surface area contributed by atoms with Crippen LogP contribution < -0.4 is 9.75 Å². The molecule has 0 amide bonds. The first-order valence-corrected chi connectivity index (χ1v) is 14.3. The summed E-state index contributed by atoms with van der Waals surface area (Å²) in [7, 11) is 0.900. The van der Waals surface area contributed by atoms with Crippen molar-refractivity contribution in [3.05, 3.63) is 59.3 Å². The van der Waals surface area contributed by atoms with Gasteiger partial charge in [-0.3, -0.25) is 0 Å². The molecule has 0 atom stereocenters. The molecule has 0 bridgehead atoms. The maximum atomic E-state index is 2.61. The Morgan fingerprint density at radius 1 is 0.931 bits per heavy atom. The van der Waals surface area contributed by atoms with E-state index in [1.165, 1.54) is 70.1 Å². The summed E-state index contributed by atoms with van der Waals surface area (Å²) in [6.45, 7) is 11.7. The van der Waals surface area contributed by atoms with Gasteiger partial charge in [0.25, 0.3) is 0 Å². The minimum atomic E-state index is -1.29. The zero-order valence-corrected chi connectivity index (χ0v) is 20.1. The zero-order valence-electron chi connectivity index (χ0n) is 19.1. The highest BCUT2D eigenvalue weighted by Gasteiger charge is 2.31. The molecule has 0 spiro atoms. The molecule has 2 heterocycles. The number of nitrogens with zero attached hydrogens (tertiary/aromatic N) is 1. The summed E-state index contributed by atoms with van der Waals surface area (Å²) in [6, 6.07) is 17.4. The third-order valence-electron chi connectivity index (χ3n) is 7.40. The Labute approximate surface area is 177 Å². The number of hydrogen-bond acceptors (Lipinski definition) is 0. The van der Waals surface area contributed by atoms with Gasteiger partial charge in [-0.1, -0.05) is 75.1 Å². The summed E-state index contributed by atoms with van der Waals surface area (Å²) in [5.74, 6) is 0.539. The Morgan fingerprint density at radius 3 is 2.34 bits per heavy atom. The lowest BCUT2D eigenvalue weighted by Crippen LogP contribution is -2.45. The van der Waals surface area contributed by atoms with Crippen molar-refractivity contribution < 1.29 is 4.57 Å². The highest BCUT2D eigenvalue weighted by molar-refractivity contribution is 6.91. The van der Waals surface area contributed by atoms with Crippen molar-refractivity contribution in [1.29, 1.82) is 0 Å². The van der Waals surface area contributed by atoms with Crippen LogP contribution in [-0.2, 0) is 7.05 Å². The molecular weight excluding hydrogens is 366 g/mol. The Bertz CT molecular complexity index is 1060. The minimum absolute atomic E-state index is 0.539. The van der Waals surface area contributed by atoms with Crippen molar-refractivity contribution >= 4 is 24.0 Å².